The van der Waals surface area contributed by atoms with Gasteiger partial charge in [-0.25, -0.2) is 9.48 Å². The molecule has 2 aromatic rings. The van der Waals surface area contributed by atoms with Crippen molar-refractivity contribution >= 4 is 11.8 Å². The SMILES string of the molecule is CSCn1nc(-c2ccccc2)c(=O)[nH]c1=O. The molecule has 0 saturated carbocycles. The average Bonchev–Trinajstić information content (AvgIpc) is 2.34. The van der Waals surface area contributed by atoms with Gasteiger partial charge in [-0.05, 0) is 6.26 Å². The number of nitrogens with zero attached hydrogens (tertiary/aromatic N) is 2. The van der Waals surface area contributed by atoms with Crippen molar-refractivity contribution in [3.63, 3.8) is 0 Å². The zero-order valence-corrected chi connectivity index (χ0v) is 10.0. The van der Waals surface area contributed by atoms with Crippen LogP contribution in [0.1, 0.15) is 0 Å². The van der Waals surface area contributed by atoms with Gasteiger partial charge in [0.15, 0.2) is 5.69 Å². The molecule has 88 valence electrons. The molecule has 0 atom stereocenters. The lowest BCUT2D eigenvalue weighted by atomic mass is 10.2. The van der Waals surface area contributed by atoms with Gasteiger partial charge in [0.25, 0.3) is 5.56 Å². The second kappa shape index (κ2) is 5.01. The summed E-state index contributed by atoms with van der Waals surface area (Å²) in [6.45, 7) is 0. The molecule has 2 rings (SSSR count). The Morgan fingerprint density at radius 1 is 1.29 bits per heavy atom. The van der Waals surface area contributed by atoms with Gasteiger partial charge in [0.1, 0.15) is 0 Å². The van der Waals surface area contributed by atoms with Crippen LogP contribution in [0.4, 0.5) is 0 Å². The summed E-state index contributed by atoms with van der Waals surface area (Å²) < 4.78 is 1.24. The van der Waals surface area contributed by atoms with Crippen LogP contribution in [0.15, 0.2) is 39.9 Å². The minimum Gasteiger partial charge on any atom is -0.271 e. The number of rotatable bonds is 3. The molecular weight excluding hydrogens is 238 g/mol. The van der Waals surface area contributed by atoms with Crippen molar-refractivity contribution in [3.05, 3.63) is 51.2 Å². The van der Waals surface area contributed by atoms with E-state index in [9.17, 15) is 9.59 Å². The highest BCUT2D eigenvalue weighted by molar-refractivity contribution is 7.97. The number of thioether (sulfide) groups is 1. The third-order valence-electron chi connectivity index (χ3n) is 2.19. The molecule has 1 heterocycles. The highest BCUT2D eigenvalue weighted by Crippen LogP contribution is 2.10. The summed E-state index contributed by atoms with van der Waals surface area (Å²) in [5.74, 6) is 0.412. The monoisotopic (exact) mass is 249 g/mol. The zero-order valence-electron chi connectivity index (χ0n) is 9.21. The first kappa shape index (κ1) is 11.7. The fourth-order valence-electron chi connectivity index (χ4n) is 1.43. The molecule has 0 fully saturated rings. The van der Waals surface area contributed by atoms with Crippen molar-refractivity contribution in [2.24, 2.45) is 0 Å². The number of hydrogen-bond donors (Lipinski definition) is 1. The van der Waals surface area contributed by atoms with E-state index in [4.69, 9.17) is 0 Å². The molecule has 0 bridgehead atoms. The standard InChI is InChI=1S/C11H11N3O2S/c1-17-7-14-11(16)12-10(15)9(13-14)8-5-3-2-4-6-8/h2-6H,7H2,1H3,(H,12,15,16). The van der Waals surface area contributed by atoms with Crippen molar-refractivity contribution in [3.8, 4) is 11.3 Å². The van der Waals surface area contributed by atoms with Crippen LogP contribution in [0.2, 0.25) is 0 Å². The Balaban J connectivity index is 2.59. The molecule has 0 radical (unpaired) electrons. The van der Waals surface area contributed by atoms with Crippen LogP contribution in [-0.2, 0) is 5.88 Å². The number of benzene rings is 1. The second-order valence-electron chi connectivity index (χ2n) is 3.39. The Hall–Kier alpha value is -1.82. The topological polar surface area (TPSA) is 67.8 Å². The number of nitrogens with one attached hydrogen (secondary N) is 1. The van der Waals surface area contributed by atoms with Crippen LogP contribution < -0.4 is 11.2 Å². The summed E-state index contributed by atoms with van der Waals surface area (Å²) in [5.41, 5.74) is 0.0189. The van der Waals surface area contributed by atoms with Crippen LogP contribution in [0.5, 0.6) is 0 Å². The lowest BCUT2D eigenvalue weighted by Gasteiger charge is -2.04. The quantitative estimate of drug-likeness (QED) is 0.878. The van der Waals surface area contributed by atoms with E-state index in [2.05, 4.69) is 10.1 Å². The highest BCUT2D eigenvalue weighted by Gasteiger charge is 2.07. The molecule has 0 aliphatic rings. The minimum atomic E-state index is -0.482. The summed E-state index contributed by atoms with van der Waals surface area (Å²) in [7, 11) is 0. The van der Waals surface area contributed by atoms with Crippen molar-refractivity contribution in [2.75, 3.05) is 6.26 Å². The van der Waals surface area contributed by atoms with Gasteiger partial charge in [-0.3, -0.25) is 9.78 Å². The van der Waals surface area contributed by atoms with Gasteiger partial charge >= 0.3 is 5.69 Å². The zero-order chi connectivity index (χ0) is 12.3. The van der Waals surface area contributed by atoms with E-state index in [1.165, 1.54) is 16.4 Å². The fourth-order valence-corrected chi connectivity index (χ4v) is 1.85. The summed E-state index contributed by atoms with van der Waals surface area (Å²) >= 11 is 1.46. The molecule has 17 heavy (non-hydrogen) atoms. The fraction of sp³-hybridized carbons (Fsp3) is 0.182. The first-order chi connectivity index (χ1) is 8.22. The van der Waals surface area contributed by atoms with Crippen molar-refractivity contribution in [2.45, 2.75) is 5.88 Å². The van der Waals surface area contributed by atoms with E-state index in [-0.39, 0.29) is 5.69 Å². The maximum absolute atomic E-state index is 11.7. The van der Waals surface area contributed by atoms with Gasteiger partial charge in [0, 0.05) is 5.56 Å². The molecule has 0 aliphatic heterocycles. The number of hydrogen-bond acceptors (Lipinski definition) is 4. The highest BCUT2D eigenvalue weighted by atomic mass is 32.2. The molecule has 0 saturated heterocycles. The Labute approximate surface area is 102 Å². The van der Waals surface area contributed by atoms with E-state index in [1.54, 1.807) is 12.1 Å². The molecule has 0 unspecified atom stereocenters. The van der Waals surface area contributed by atoms with Gasteiger partial charge in [0.2, 0.25) is 0 Å². The van der Waals surface area contributed by atoms with E-state index in [0.29, 0.717) is 11.4 Å². The molecule has 0 spiro atoms. The number of H-pyrrole nitrogens is 1. The molecule has 1 aromatic carbocycles. The number of aromatic nitrogens is 3. The summed E-state index contributed by atoms with van der Waals surface area (Å²) in [6, 6.07) is 9.06. The van der Waals surface area contributed by atoms with Crippen LogP contribution >= 0.6 is 11.8 Å². The average molecular weight is 249 g/mol. The Morgan fingerprint density at radius 3 is 2.65 bits per heavy atom. The third kappa shape index (κ3) is 2.47. The van der Waals surface area contributed by atoms with Crippen molar-refractivity contribution in [1.29, 1.82) is 0 Å². The Kier molecular flexibility index (Phi) is 3.43. The van der Waals surface area contributed by atoms with Gasteiger partial charge < -0.3 is 0 Å². The van der Waals surface area contributed by atoms with E-state index in [1.807, 2.05) is 24.5 Å². The molecule has 0 aliphatic carbocycles. The van der Waals surface area contributed by atoms with Crippen LogP contribution in [-0.4, -0.2) is 21.0 Å². The molecular formula is C11H11N3O2S. The Bertz CT molecular complexity index is 619. The van der Waals surface area contributed by atoms with Crippen LogP contribution in [0, 0.1) is 0 Å². The predicted octanol–water partition coefficient (Wildman–Crippen LogP) is 0.919. The third-order valence-corrected chi connectivity index (χ3v) is 2.69. The van der Waals surface area contributed by atoms with E-state index in [0.717, 1.165) is 0 Å². The maximum Gasteiger partial charge on any atom is 0.345 e. The lowest BCUT2D eigenvalue weighted by Crippen LogP contribution is -2.32. The van der Waals surface area contributed by atoms with Gasteiger partial charge in [0.05, 0.1) is 5.88 Å². The van der Waals surface area contributed by atoms with Crippen LogP contribution in [0.3, 0.4) is 0 Å². The normalized spacial score (nSPS) is 10.4. The largest absolute Gasteiger partial charge is 0.345 e. The summed E-state index contributed by atoms with van der Waals surface area (Å²) in [4.78, 5) is 25.4. The van der Waals surface area contributed by atoms with Crippen molar-refractivity contribution < 1.29 is 0 Å². The number of aromatic amines is 1. The van der Waals surface area contributed by atoms with Crippen molar-refractivity contribution in [1.82, 2.24) is 14.8 Å². The minimum absolute atomic E-state index is 0.263. The molecule has 1 aromatic heterocycles. The predicted molar refractivity (Wildman–Crippen MR) is 68.1 cm³/mol. The van der Waals surface area contributed by atoms with E-state index >= 15 is 0 Å². The van der Waals surface area contributed by atoms with Gasteiger partial charge in [-0.15, -0.1) is 11.8 Å². The Morgan fingerprint density at radius 2 is 2.00 bits per heavy atom. The molecule has 0 amide bonds. The second-order valence-corrected chi connectivity index (χ2v) is 4.23. The van der Waals surface area contributed by atoms with Gasteiger partial charge in [-0.2, -0.15) is 5.10 Å². The first-order valence-electron chi connectivity index (χ1n) is 4.98. The molecule has 1 N–H and O–H groups in total. The maximum atomic E-state index is 11.7. The molecule has 5 nitrogen and oxygen atoms in total. The van der Waals surface area contributed by atoms with Gasteiger partial charge in [-0.1, -0.05) is 30.3 Å². The smallest absolute Gasteiger partial charge is 0.271 e. The lowest BCUT2D eigenvalue weighted by molar-refractivity contribution is 0.659. The summed E-state index contributed by atoms with van der Waals surface area (Å²) in [6.07, 6.45) is 1.86. The summed E-state index contributed by atoms with van der Waals surface area (Å²) in [5, 5.41) is 4.07. The molecule has 6 heteroatoms. The van der Waals surface area contributed by atoms with E-state index < -0.39 is 11.2 Å². The first-order valence-corrected chi connectivity index (χ1v) is 6.37. The van der Waals surface area contributed by atoms with Crippen LogP contribution in [0.25, 0.3) is 11.3 Å².